The molecule has 0 saturated heterocycles. The van der Waals surface area contributed by atoms with E-state index >= 15 is 0 Å². The van der Waals surface area contributed by atoms with Crippen LogP contribution in [0.4, 0.5) is 4.39 Å². The van der Waals surface area contributed by atoms with E-state index in [0.717, 1.165) is 25.7 Å². The molecule has 1 saturated carbocycles. The Morgan fingerprint density at radius 1 is 1.33 bits per heavy atom. The Morgan fingerprint density at radius 2 is 2.00 bits per heavy atom. The molecule has 1 aromatic carbocycles. The van der Waals surface area contributed by atoms with Crippen molar-refractivity contribution in [3.8, 4) is 0 Å². The van der Waals surface area contributed by atoms with Crippen molar-refractivity contribution in [1.29, 1.82) is 0 Å². The van der Waals surface area contributed by atoms with Crippen LogP contribution in [-0.4, -0.2) is 14.5 Å². The predicted octanol–water partition coefficient (Wildman–Crippen LogP) is 1.51. The van der Waals surface area contributed by atoms with Crippen LogP contribution in [0.25, 0.3) is 0 Å². The van der Waals surface area contributed by atoms with Gasteiger partial charge in [-0.05, 0) is 30.5 Å². The van der Waals surface area contributed by atoms with Gasteiger partial charge in [-0.1, -0.05) is 18.9 Å². The van der Waals surface area contributed by atoms with Crippen LogP contribution < -0.4 is 10.5 Å². The fraction of sp³-hybridized carbons (Fsp3) is 0.500. The maximum Gasteiger partial charge on any atom is 0.243 e. The zero-order valence-electron chi connectivity index (χ0n) is 10.0. The lowest BCUT2D eigenvalue weighted by molar-refractivity contribution is 0.536. The van der Waals surface area contributed by atoms with Crippen LogP contribution in [0.5, 0.6) is 0 Å². The van der Waals surface area contributed by atoms with Crippen LogP contribution in [-0.2, 0) is 16.6 Å². The molecule has 0 heterocycles. The van der Waals surface area contributed by atoms with Gasteiger partial charge in [-0.25, -0.2) is 17.5 Å². The zero-order chi connectivity index (χ0) is 13.2. The van der Waals surface area contributed by atoms with Crippen molar-refractivity contribution in [3.63, 3.8) is 0 Å². The maximum atomic E-state index is 13.7. The number of nitrogens with one attached hydrogen (secondary N) is 1. The summed E-state index contributed by atoms with van der Waals surface area (Å²) >= 11 is 0. The molecule has 100 valence electrons. The monoisotopic (exact) mass is 272 g/mol. The van der Waals surface area contributed by atoms with Crippen molar-refractivity contribution >= 4 is 10.0 Å². The lowest BCUT2D eigenvalue weighted by Gasteiger charge is -2.13. The number of hydrogen-bond acceptors (Lipinski definition) is 3. The van der Waals surface area contributed by atoms with E-state index in [2.05, 4.69) is 4.72 Å². The third kappa shape index (κ3) is 2.88. The first-order valence-corrected chi connectivity index (χ1v) is 7.52. The zero-order valence-corrected chi connectivity index (χ0v) is 10.8. The average molecular weight is 272 g/mol. The van der Waals surface area contributed by atoms with E-state index in [1.165, 1.54) is 18.2 Å². The second kappa shape index (κ2) is 5.34. The van der Waals surface area contributed by atoms with Gasteiger partial charge in [0.05, 0.1) is 0 Å². The molecule has 6 heteroatoms. The summed E-state index contributed by atoms with van der Waals surface area (Å²) in [5.41, 5.74) is 5.95. The second-order valence-electron chi connectivity index (χ2n) is 4.57. The Labute approximate surface area is 106 Å². The molecule has 0 aliphatic heterocycles. The number of benzene rings is 1. The van der Waals surface area contributed by atoms with Crippen LogP contribution in [0.15, 0.2) is 23.1 Å². The lowest BCUT2D eigenvalue weighted by atomic mass is 10.2. The fourth-order valence-corrected chi connectivity index (χ4v) is 3.58. The molecule has 18 heavy (non-hydrogen) atoms. The second-order valence-corrected chi connectivity index (χ2v) is 6.25. The summed E-state index contributed by atoms with van der Waals surface area (Å²) in [6, 6.07) is 3.91. The molecule has 0 spiro atoms. The largest absolute Gasteiger partial charge is 0.326 e. The molecule has 1 aliphatic rings. The smallest absolute Gasteiger partial charge is 0.243 e. The van der Waals surface area contributed by atoms with Gasteiger partial charge in [-0.15, -0.1) is 0 Å². The topological polar surface area (TPSA) is 72.2 Å². The lowest BCUT2D eigenvalue weighted by Crippen LogP contribution is -2.33. The molecule has 3 N–H and O–H groups in total. The Morgan fingerprint density at radius 3 is 2.56 bits per heavy atom. The van der Waals surface area contributed by atoms with Crippen molar-refractivity contribution in [3.05, 3.63) is 29.6 Å². The summed E-state index contributed by atoms with van der Waals surface area (Å²) < 4.78 is 40.3. The number of sulfonamides is 1. The molecule has 0 atom stereocenters. The van der Waals surface area contributed by atoms with Crippen molar-refractivity contribution < 1.29 is 12.8 Å². The van der Waals surface area contributed by atoms with Gasteiger partial charge >= 0.3 is 0 Å². The maximum absolute atomic E-state index is 13.7. The molecule has 0 radical (unpaired) electrons. The highest BCUT2D eigenvalue weighted by Gasteiger charge is 2.25. The minimum Gasteiger partial charge on any atom is -0.326 e. The van der Waals surface area contributed by atoms with E-state index < -0.39 is 15.8 Å². The summed E-state index contributed by atoms with van der Waals surface area (Å²) in [5.74, 6) is -0.747. The van der Waals surface area contributed by atoms with Gasteiger partial charge in [0, 0.05) is 12.6 Å². The molecule has 1 aliphatic carbocycles. The highest BCUT2D eigenvalue weighted by Crippen LogP contribution is 2.22. The number of rotatable bonds is 4. The molecule has 4 nitrogen and oxygen atoms in total. The Bertz CT molecular complexity index is 525. The summed E-state index contributed by atoms with van der Waals surface area (Å²) in [6.07, 6.45) is 3.67. The quantitative estimate of drug-likeness (QED) is 0.872. The normalized spacial score (nSPS) is 17.2. The van der Waals surface area contributed by atoms with Gasteiger partial charge < -0.3 is 5.73 Å². The van der Waals surface area contributed by atoms with Crippen molar-refractivity contribution in [2.24, 2.45) is 5.73 Å². The number of nitrogens with two attached hydrogens (primary N) is 1. The predicted molar refractivity (Wildman–Crippen MR) is 66.9 cm³/mol. The van der Waals surface area contributed by atoms with Gasteiger partial charge in [-0.2, -0.15) is 0 Å². The summed E-state index contributed by atoms with van der Waals surface area (Å²) in [6.45, 7) is 0.188. The summed E-state index contributed by atoms with van der Waals surface area (Å²) in [7, 11) is -3.77. The minimum absolute atomic E-state index is 0.0661. The van der Waals surface area contributed by atoms with Gasteiger partial charge in [0.2, 0.25) is 10.0 Å². The van der Waals surface area contributed by atoms with E-state index in [1.54, 1.807) is 0 Å². The Balaban J connectivity index is 2.23. The molecular formula is C12H17FN2O2S. The van der Waals surface area contributed by atoms with Crippen LogP contribution in [0.1, 0.15) is 31.2 Å². The van der Waals surface area contributed by atoms with Crippen molar-refractivity contribution in [1.82, 2.24) is 4.72 Å². The van der Waals surface area contributed by atoms with Crippen LogP contribution in [0.3, 0.4) is 0 Å². The first kappa shape index (κ1) is 13.5. The average Bonchev–Trinajstić information content (AvgIpc) is 2.80. The van der Waals surface area contributed by atoms with E-state index in [0.29, 0.717) is 5.56 Å². The van der Waals surface area contributed by atoms with Gasteiger partial charge in [-0.3, -0.25) is 0 Å². The minimum atomic E-state index is -3.77. The van der Waals surface area contributed by atoms with Gasteiger partial charge in [0.25, 0.3) is 0 Å². The Kier molecular flexibility index (Phi) is 3.99. The highest BCUT2D eigenvalue weighted by molar-refractivity contribution is 7.89. The van der Waals surface area contributed by atoms with Gasteiger partial charge in [0.15, 0.2) is 0 Å². The SMILES string of the molecule is NCc1ccc(S(=O)(=O)NC2CCCC2)c(F)c1. The molecule has 2 rings (SSSR count). The summed E-state index contributed by atoms with van der Waals surface area (Å²) in [4.78, 5) is -0.299. The molecule has 1 fully saturated rings. The van der Waals surface area contributed by atoms with Crippen LogP contribution in [0, 0.1) is 5.82 Å². The number of halogens is 1. The Hall–Kier alpha value is -0.980. The van der Waals surface area contributed by atoms with E-state index in [1.807, 2.05) is 0 Å². The molecule has 1 aromatic rings. The molecule has 0 amide bonds. The molecule has 0 unspecified atom stereocenters. The highest BCUT2D eigenvalue weighted by atomic mass is 32.2. The number of hydrogen-bond donors (Lipinski definition) is 2. The fourth-order valence-electron chi connectivity index (χ4n) is 2.22. The van der Waals surface area contributed by atoms with Crippen LogP contribution >= 0.6 is 0 Å². The van der Waals surface area contributed by atoms with Gasteiger partial charge in [0.1, 0.15) is 10.7 Å². The molecular weight excluding hydrogens is 255 g/mol. The third-order valence-corrected chi connectivity index (χ3v) is 4.75. The first-order chi connectivity index (χ1) is 8.53. The van der Waals surface area contributed by atoms with E-state index in [9.17, 15) is 12.8 Å². The van der Waals surface area contributed by atoms with E-state index in [4.69, 9.17) is 5.73 Å². The summed E-state index contributed by atoms with van der Waals surface area (Å²) in [5, 5.41) is 0. The van der Waals surface area contributed by atoms with E-state index in [-0.39, 0.29) is 17.5 Å². The van der Waals surface area contributed by atoms with Crippen molar-refractivity contribution in [2.75, 3.05) is 0 Å². The van der Waals surface area contributed by atoms with Crippen molar-refractivity contribution in [2.45, 2.75) is 43.2 Å². The van der Waals surface area contributed by atoms with Crippen LogP contribution in [0.2, 0.25) is 0 Å². The standard InChI is InChI=1S/C12H17FN2O2S/c13-11-7-9(8-14)5-6-12(11)18(16,17)15-10-3-1-2-4-10/h5-7,10,15H,1-4,8,14H2. The molecule has 0 aromatic heterocycles. The molecule has 0 bridgehead atoms. The third-order valence-electron chi connectivity index (χ3n) is 3.20. The first-order valence-electron chi connectivity index (χ1n) is 6.04.